The summed E-state index contributed by atoms with van der Waals surface area (Å²) in [6.07, 6.45) is 5.40. The predicted octanol–water partition coefficient (Wildman–Crippen LogP) is 7.07. The van der Waals surface area contributed by atoms with Crippen molar-refractivity contribution in [1.82, 2.24) is 10.1 Å². The number of ether oxygens (including phenoxy) is 3. The van der Waals surface area contributed by atoms with Gasteiger partial charge in [0.25, 0.3) is 0 Å². The van der Waals surface area contributed by atoms with Gasteiger partial charge < -0.3 is 29.0 Å². The number of benzene rings is 2. The molecule has 41 heavy (non-hydrogen) atoms. The molecule has 2 aliphatic heterocycles. The summed E-state index contributed by atoms with van der Waals surface area (Å²) in [6, 6.07) is 10.1. The van der Waals surface area contributed by atoms with Crippen molar-refractivity contribution in [3.8, 4) is 17.0 Å². The first kappa shape index (κ1) is 27.9. The lowest BCUT2D eigenvalue weighted by atomic mass is 9.99. The minimum atomic E-state index is -0.473. The number of methoxy groups -OCH3 is 2. The van der Waals surface area contributed by atoms with Crippen LogP contribution in [-0.4, -0.2) is 54.5 Å². The number of amides is 2. The molecule has 9 nitrogen and oxygen atoms in total. The number of urea groups is 1. The van der Waals surface area contributed by atoms with Gasteiger partial charge in [-0.05, 0) is 68.9 Å². The van der Waals surface area contributed by atoms with Crippen LogP contribution in [0.1, 0.15) is 66.1 Å². The SMILES string of the molecule is COC(=O)c1ccc(NC(=O)N2C3CCC2CC(OCc2c(-c4c(Cl)cccc4Cl)noc2C2CC2)C3)c(OC)c1. The average Bonchev–Trinajstić information content (AvgIpc) is 3.67. The van der Waals surface area contributed by atoms with Gasteiger partial charge in [-0.2, -0.15) is 0 Å². The fourth-order valence-corrected chi connectivity index (χ4v) is 6.64. The van der Waals surface area contributed by atoms with Crippen LogP contribution in [0.15, 0.2) is 40.9 Å². The first-order chi connectivity index (χ1) is 19.9. The zero-order valence-corrected chi connectivity index (χ0v) is 24.3. The van der Waals surface area contributed by atoms with E-state index in [1.54, 1.807) is 36.4 Å². The fourth-order valence-electron chi connectivity index (χ4n) is 6.06. The highest BCUT2D eigenvalue weighted by Crippen LogP contribution is 2.46. The zero-order chi connectivity index (χ0) is 28.7. The van der Waals surface area contributed by atoms with Crippen LogP contribution >= 0.6 is 23.2 Å². The number of hydrogen-bond acceptors (Lipinski definition) is 7. The number of carbonyl (C=O) groups is 2. The normalized spacial score (nSPS) is 21.6. The third kappa shape index (κ3) is 5.50. The van der Waals surface area contributed by atoms with Gasteiger partial charge in [-0.15, -0.1) is 0 Å². The fraction of sp³-hybridized carbons (Fsp3) is 0.433. The van der Waals surface area contributed by atoms with Crippen molar-refractivity contribution >= 4 is 40.9 Å². The van der Waals surface area contributed by atoms with Gasteiger partial charge in [-0.1, -0.05) is 34.4 Å². The van der Waals surface area contributed by atoms with E-state index >= 15 is 0 Å². The standard InChI is InChI=1S/C30H31Cl2N3O6/c1-38-25-12-17(29(36)39-2)8-11-24(25)33-30(37)35-18-9-10-19(35)14-20(13-18)40-15-21-27(34-41-28(21)16-6-7-16)26-22(31)4-3-5-23(26)32/h3-5,8,11-12,16,18-20H,6-7,9-10,13-15H2,1-2H3,(H,33,37). The lowest BCUT2D eigenvalue weighted by Gasteiger charge is -2.38. The maximum atomic E-state index is 13.4. The first-order valence-corrected chi connectivity index (χ1v) is 14.5. The van der Waals surface area contributed by atoms with E-state index in [9.17, 15) is 9.59 Å². The quantitative estimate of drug-likeness (QED) is 0.276. The summed E-state index contributed by atoms with van der Waals surface area (Å²) in [5, 5.41) is 8.37. The number of anilines is 1. The molecular formula is C30H31Cl2N3O6. The molecule has 2 saturated heterocycles. The Morgan fingerprint density at radius 2 is 1.76 bits per heavy atom. The van der Waals surface area contributed by atoms with E-state index in [1.807, 2.05) is 4.90 Å². The van der Waals surface area contributed by atoms with Gasteiger partial charge in [0.05, 0.1) is 48.2 Å². The third-order valence-electron chi connectivity index (χ3n) is 8.22. The van der Waals surface area contributed by atoms with Crippen LogP contribution < -0.4 is 10.1 Å². The monoisotopic (exact) mass is 599 g/mol. The molecule has 3 heterocycles. The van der Waals surface area contributed by atoms with E-state index in [-0.39, 0.29) is 24.2 Å². The molecule has 1 aromatic heterocycles. The second-order valence-electron chi connectivity index (χ2n) is 10.8. The minimum Gasteiger partial charge on any atom is -0.495 e. The molecule has 2 amide bonds. The topological polar surface area (TPSA) is 103 Å². The minimum absolute atomic E-state index is 0.0121. The van der Waals surface area contributed by atoms with Crippen LogP contribution in [0.3, 0.4) is 0 Å². The summed E-state index contributed by atoms with van der Waals surface area (Å²) in [7, 11) is 2.81. The van der Waals surface area contributed by atoms with Crippen molar-refractivity contribution in [3.05, 3.63) is 63.3 Å². The van der Waals surface area contributed by atoms with Crippen molar-refractivity contribution < 1.29 is 28.3 Å². The smallest absolute Gasteiger partial charge is 0.337 e. The summed E-state index contributed by atoms with van der Waals surface area (Å²) < 4.78 is 22.5. The van der Waals surface area contributed by atoms with Crippen molar-refractivity contribution in [2.45, 2.75) is 69.2 Å². The maximum Gasteiger partial charge on any atom is 0.337 e. The molecule has 6 rings (SSSR count). The zero-order valence-electron chi connectivity index (χ0n) is 22.8. The molecule has 0 spiro atoms. The van der Waals surface area contributed by atoms with Crippen LogP contribution in [-0.2, 0) is 16.1 Å². The number of piperidine rings is 1. The Labute approximate surface area is 248 Å². The van der Waals surface area contributed by atoms with Gasteiger partial charge in [-0.25, -0.2) is 9.59 Å². The summed E-state index contributed by atoms with van der Waals surface area (Å²) >= 11 is 13.0. The van der Waals surface area contributed by atoms with E-state index < -0.39 is 5.97 Å². The lowest BCUT2D eigenvalue weighted by molar-refractivity contribution is -0.0158. The van der Waals surface area contributed by atoms with Gasteiger partial charge in [0.2, 0.25) is 0 Å². The van der Waals surface area contributed by atoms with Gasteiger partial charge in [-0.3, -0.25) is 0 Å². The molecule has 3 aliphatic rings. The van der Waals surface area contributed by atoms with Crippen LogP contribution in [0.5, 0.6) is 5.75 Å². The molecule has 1 saturated carbocycles. The van der Waals surface area contributed by atoms with E-state index in [2.05, 4.69) is 10.5 Å². The highest BCUT2D eigenvalue weighted by atomic mass is 35.5. The highest BCUT2D eigenvalue weighted by molar-refractivity contribution is 6.39. The van der Waals surface area contributed by atoms with Crippen molar-refractivity contribution in [3.63, 3.8) is 0 Å². The van der Waals surface area contributed by atoms with Crippen molar-refractivity contribution in [2.24, 2.45) is 0 Å². The number of nitrogens with zero attached hydrogens (tertiary/aromatic N) is 2. The first-order valence-electron chi connectivity index (χ1n) is 13.8. The summed E-state index contributed by atoms with van der Waals surface area (Å²) in [4.78, 5) is 27.2. The Kier molecular flexibility index (Phi) is 7.85. The third-order valence-corrected chi connectivity index (χ3v) is 8.85. The molecule has 3 aromatic rings. The molecule has 1 N–H and O–H groups in total. The number of aromatic nitrogens is 1. The van der Waals surface area contributed by atoms with E-state index in [0.717, 1.165) is 49.8 Å². The van der Waals surface area contributed by atoms with E-state index in [4.69, 9.17) is 41.9 Å². The second-order valence-corrected chi connectivity index (χ2v) is 11.6. The molecule has 2 unspecified atom stereocenters. The number of nitrogens with one attached hydrogen (secondary N) is 1. The lowest BCUT2D eigenvalue weighted by Crippen LogP contribution is -2.50. The Morgan fingerprint density at radius 3 is 2.39 bits per heavy atom. The number of rotatable bonds is 8. The molecular weight excluding hydrogens is 569 g/mol. The molecule has 2 aromatic carbocycles. The van der Waals surface area contributed by atoms with Gasteiger partial charge >= 0.3 is 12.0 Å². The Balaban J connectivity index is 1.14. The van der Waals surface area contributed by atoms with Crippen molar-refractivity contribution in [2.75, 3.05) is 19.5 Å². The predicted molar refractivity (Wildman–Crippen MR) is 154 cm³/mol. The second kappa shape index (κ2) is 11.5. The largest absolute Gasteiger partial charge is 0.495 e. The molecule has 11 heteroatoms. The van der Waals surface area contributed by atoms with Gasteiger partial charge in [0.1, 0.15) is 17.2 Å². The maximum absolute atomic E-state index is 13.4. The highest BCUT2D eigenvalue weighted by Gasteiger charge is 2.44. The number of carbonyl (C=O) groups excluding carboxylic acids is 2. The van der Waals surface area contributed by atoms with Crippen molar-refractivity contribution in [1.29, 1.82) is 0 Å². The molecule has 2 bridgehead atoms. The van der Waals surface area contributed by atoms with Gasteiger partial charge in [0.15, 0.2) is 0 Å². The average molecular weight is 600 g/mol. The number of halogens is 2. The Morgan fingerprint density at radius 1 is 1.05 bits per heavy atom. The molecule has 2 atom stereocenters. The van der Waals surface area contributed by atoms with Crippen LogP contribution in [0.25, 0.3) is 11.3 Å². The van der Waals surface area contributed by atoms with Crippen LogP contribution in [0, 0.1) is 0 Å². The molecule has 0 radical (unpaired) electrons. The van der Waals surface area contributed by atoms with Crippen LogP contribution in [0.4, 0.5) is 10.5 Å². The summed E-state index contributed by atoms with van der Waals surface area (Å²) in [6.45, 7) is 0.340. The summed E-state index contributed by atoms with van der Waals surface area (Å²) in [5.74, 6) is 1.11. The van der Waals surface area contributed by atoms with E-state index in [0.29, 0.717) is 50.8 Å². The number of esters is 1. The Hall–Kier alpha value is -3.27. The molecule has 1 aliphatic carbocycles. The van der Waals surface area contributed by atoms with Gasteiger partial charge in [0, 0.05) is 29.1 Å². The Bertz CT molecular complexity index is 1440. The number of fused-ring (bicyclic) bond motifs is 2. The van der Waals surface area contributed by atoms with E-state index in [1.165, 1.54) is 14.2 Å². The number of hydrogen-bond donors (Lipinski definition) is 1. The summed E-state index contributed by atoms with van der Waals surface area (Å²) in [5.41, 5.74) is 3.03. The molecule has 3 fully saturated rings. The molecule has 216 valence electrons. The van der Waals surface area contributed by atoms with Crippen LogP contribution in [0.2, 0.25) is 10.0 Å².